The molecule has 0 fully saturated rings. The number of benzene rings is 3. The third-order valence-corrected chi connectivity index (χ3v) is 6.20. The maximum Gasteiger partial charge on any atom is 0.573 e. The summed E-state index contributed by atoms with van der Waals surface area (Å²) < 4.78 is 42.4. The Morgan fingerprint density at radius 2 is 1.75 bits per heavy atom. The number of nitrogens with zero attached hydrogens (tertiary/aromatic N) is 5. The monoisotopic (exact) mass is 568 g/mol. The lowest BCUT2D eigenvalue weighted by Gasteiger charge is -2.09. The molecule has 0 bridgehead atoms. The van der Waals surface area contributed by atoms with E-state index in [1.807, 2.05) is 32.0 Å². The molecule has 1 heterocycles. The van der Waals surface area contributed by atoms with Gasteiger partial charge in [-0.05, 0) is 54.8 Å². The highest BCUT2D eigenvalue weighted by atomic mass is 32.2. The van der Waals surface area contributed by atoms with Crippen molar-refractivity contribution in [1.82, 2.24) is 20.2 Å². The number of ether oxygens (including phenoxy) is 1. The lowest BCUT2D eigenvalue weighted by Crippen LogP contribution is -2.17. The summed E-state index contributed by atoms with van der Waals surface area (Å²) in [5.41, 5.74) is 7.48. The fourth-order valence-corrected chi connectivity index (χ4v) is 4.04. The third-order valence-electron chi connectivity index (χ3n) is 5.35. The van der Waals surface area contributed by atoms with E-state index in [1.54, 1.807) is 30.5 Å². The summed E-state index contributed by atoms with van der Waals surface area (Å²) >= 11 is 1.03. The minimum atomic E-state index is -4.76. The van der Waals surface area contributed by atoms with E-state index in [0.29, 0.717) is 16.7 Å². The molecule has 9 nitrogen and oxygen atoms in total. The van der Waals surface area contributed by atoms with Gasteiger partial charge in [-0.2, -0.15) is 5.10 Å². The van der Waals surface area contributed by atoms with Crippen LogP contribution in [0.3, 0.4) is 0 Å². The number of hydrogen-bond donors (Lipinski definition) is 2. The van der Waals surface area contributed by atoms with Crippen LogP contribution in [-0.2, 0) is 4.79 Å². The SMILES string of the molecule is Cc1cccc(C)c1/N=C(/N/N=C/c1ccc(-c2ncn(-c3ccc(OC(F)(F)F)cc3)n2)cc1)SCC(=O)O. The van der Waals surface area contributed by atoms with Gasteiger partial charge in [0.2, 0.25) is 0 Å². The number of rotatable bonds is 8. The number of alkyl halides is 3. The number of carboxylic acids is 1. The predicted molar refractivity (Wildman–Crippen MR) is 147 cm³/mol. The molecule has 0 radical (unpaired) electrons. The molecule has 0 aliphatic rings. The summed E-state index contributed by atoms with van der Waals surface area (Å²) in [6.07, 6.45) is -1.73. The van der Waals surface area contributed by atoms with Crippen molar-refractivity contribution in [3.63, 3.8) is 0 Å². The Kier molecular flexibility index (Phi) is 8.84. The minimum absolute atomic E-state index is 0.174. The molecule has 2 N–H and O–H groups in total. The van der Waals surface area contributed by atoms with Crippen LogP contribution in [0.1, 0.15) is 16.7 Å². The van der Waals surface area contributed by atoms with Crippen LogP contribution >= 0.6 is 11.8 Å². The van der Waals surface area contributed by atoms with Gasteiger partial charge in [0.15, 0.2) is 11.0 Å². The second-order valence-electron chi connectivity index (χ2n) is 8.39. The number of hydrogen-bond acceptors (Lipinski definition) is 7. The lowest BCUT2D eigenvalue weighted by atomic mass is 10.1. The molecule has 0 saturated carbocycles. The van der Waals surface area contributed by atoms with E-state index >= 15 is 0 Å². The zero-order valence-electron chi connectivity index (χ0n) is 21.3. The number of aliphatic imine (C=N–C) groups is 1. The van der Waals surface area contributed by atoms with Gasteiger partial charge in [-0.25, -0.2) is 14.7 Å². The van der Waals surface area contributed by atoms with E-state index in [4.69, 9.17) is 5.11 Å². The summed E-state index contributed by atoms with van der Waals surface area (Å²) in [7, 11) is 0. The topological polar surface area (TPSA) is 114 Å². The summed E-state index contributed by atoms with van der Waals surface area (Å²) in [6.45, 7) is 3.86. The first-order chi connectivity index (χ1) is 19.1. The third kappa shape index (κ3) is 7.93. The van der Waals surface area contributed by atoms with E-state index in [-0.39, 0.29) is 11.5 Å². The van der Waals surface area contributed by atoms with Crippen molar-refractivity contribution in [3.8, 4) is 22.8 Å². The molecule has 0 unspecified atom stereocenters. The van der Waals surface area contributed by atoms with Crippen LogP contribution in [0.25, 0.3) is 17.1 Å². The molecule has 40 heavy (non-hydrogen) atoms. The largest absolute Gasteiger partial charge is 0.573 e. The van der Waals surface area contributed by atoms with Crippen LogP contribution in [0.15, 0.2) is 83.2 Å². The Balaban J connectivity index is 1.43. The average molecular weight is 569 g/mol. The molecule has 206 valence electrons. The van der Waals surface area contributed by atoms with Gasteiger partial charge in [0, 0.05) is 5.56 Å². The zero-order chi connectivity index (χ0) is 28.7. The number of amidine groups is 1. The van der Waals surface area contributed by atoms with Gasteiger partial charge in [0.1, 0.15) is 12.1 Å². The first kappa shape index (κ1) is 28.4. The number of aliphatic carboxylic acids is 1. The average Bonchev–Trinajstić information content (AvgIpc) is 3.39. The van der Waals surface area contributed by atoms with Crippen molar-refractivity contribution in [3.05, 3.63) is 89.7 Å². The molecule has 4 rings (SSSR count). The van der Waals surface area contributed by atoms with Gasteiger partial charge in [-0.15, -0.1) is 18.3 Å². The van der Waals surface area contributed by atoms with Crippen molar-refractivity contribution in [1.29, 1.82) is 0 Å². The Morgan fingerprint density at radius 1 is 1.07 bits per heavy atom. The van der Waals surface area contributed by atoms with E-state index in [0.717, 1.165) is 39.7 Å². The molecule has 0 amide bonds. The van der Waals surface area contributed by atoms with Crippen molar-refractivity contribution >= 4 is 34.8 Å². The number of carbonyl (C=O) groups is 1. The van der Waals surface area contributed by atoms with Crippen LogP contribution in [-0.4, -0.2) is 49.3 Å². The van der Waals surface area contributed by atoms with Crippen LogP contribution in [0.5, 0.6) is 5.75 Å². The zero-order valence-corrected chi connectivity index (χ0v) is 22.1. The number of hydrazone groups is 1. The Labute approximate surface area is 231 Å². The number of halogens is 3. The van der Waals surface area contributed by atoms with E-state index in [1.165, 1.54) is 35.3 Å². The number of nitrogens with one attached hydrogen (secondary N) is 1. The van der Waals surface area contributed by atoms with E-state index < -0.39 is 12.3 Å². The number of aromatic nitrogens is 3. The van der Waals surface area contributed by atoms with Crippen LogP contribution in [0.4, 0.5) is 18.9 Å². The first-order valence-electron chi connectivity index (χ1n) is 11.7. The number of carboxylic acid groups (broad SMARTS) is 1. The maximum atomic E-state index is 12.4. The van der Waals surface area contributed by atoms with Gasteiger partial charge in [0.25, 0.3) is 0 Å². The summed E-state index contributed by atoms with van der Waals surface area (Å²) in [5.74, 6) is -1.05. The van der Waals surface area contributed by atoms with Crippen molar-refractivity contribution in [2.24, 2.45) is 10.1 Å². The van der Waals surface area contributed by atoms with E-state index in [9.17, 15) is 18.0 Å². The molecule has 0 spiro atoms. The fraction of sp³-hybridized carbons (Fsp3) is 0.148. The molecule has 0 atom stereocenters. The van der Waals surface area contributed by atoms with Crippen LogP contribution < -0.4 is 10.2 Å². The Morgan fingerprint density at radius 3 is 2.38 bits per heavy atom. The normalized spacial score (nSPS) is 12.1. The second-order valence-corrected chi connectivity index (χ2v) is 9.35. The molecule has 0 aliphatic carbocycles. The highest BCUT2D eigenvalue weighted by molar-refractivity contribution is 8.14. The standard InChI is InChI=1S/C27H23F3N6O3S/c1-17-4-3-5-18(2)24(17)33-26(40-15-23(37)38)34-32-14-19-6-8-20(9-7-19)25-31-16-36(35-25)21-10-12-22(13-11-21)39-27(28,29)30/h3-14,16H,15H2,1-2H3,(H,33,34)(H,37,38)/b32-14+. The molecule has 1 aromatic heterocycles. The van der Waals surface area contributed by atoms with Gasteiger partial charge in [-0.1, -0.05) is 54.2 Å². The lowest BCUT2D eigenvalue weighted by molar-refractivity contribution is -0.274. The summed E-state index contributed by atoms with van der Waals surface area (Å²) in [5, 5.41) is 18.0. The van der Waals surface area contributed by atoms with Crippen molar-refractivity contribution in [2.75, 3.05) is 5.75 Å². The molecule has 0 aliphatic heterocycles. The highest BCUT2D eigenvalue weighted by Crippen LogP contribution is 2.25. The minimum Gasteiger partial charge on any atom is -0.481 e. The molecule has 0 saturated heterocycles. The van der Waals surface area contributed by atoms with Crippen LogP contribution in [0, 0.1) is 13.8 Å². The Hall–Kier alpha value is -4.65. The quantitative estimate of drug-likeness (QED) is 0.155. The van der Waals surface area contributed by atoms with Crippen molar-refractivity contribution in [2.45, 2.75) is 20.2 Å². The van der Waals surface area contributed by atoms with E-state index in [2.05, 4.69) is 30.3 Å². The summed E-state index contributed by atoms with van der Waals surface area (Å²) in [4.78, 5) is 19.9. The van der Waals surface area contributed by atoms with Crippen LogP contribution in [0.2, 0.25) is 0 Å². The molecular weight excluding hydrogens is 545 g/mol. The highest BCUT2D eigenvalue weighted by Gasteiger charge is 2.31. The second kappa shape index (κ2) is 12.5. The van der Waals surface area contributed by atoms with Gasteiger partial charge in [-0.3, -0.25) is 10.2 Å². The number of aryl methyl sites for hydroxylation is 2. The fourth-order valence-electron chi connectivity index (χ4n) is 3.50. The van der Waals surface area contributed by atoms with Gasteiger partial charge >= 0.3 is 12.3 Å². The van der Waals surface area contributed by atoms with Gasteiger partial charge < -0.3 is 9.84 Å². The number of thioether (sulfide) groups is 1. The van der Waals surface area contributed by atoms with Crippen molar-refractivity contribution < 1.29 is 27.8 Å². The maximum absolute atomic E-state index is 12.4. The molecule has 3 aromatic carbocycles. The molecule has 4 aromatic rings. The summed E-state index contributed by atoms with van der Waals surface area (Å²) in [6, 6.07) is 18.3. The molecule has 13 heteroatoms. The Bertz CT molecular complexity index is 1510. The number of para-hydroxylation sites is 1. The van der Waals surface area contributed by atoms with Gasteiger partial charge in [0.05, 0.1) is 23.3 Å². The first-order valence-corrected chi connectivity index (χ1v) is 12.7. The smallest absolute Gasteiger partial charge is 0.481 e. The molecular formula is C27H23F3N6O3S. The predicted octanol–water partition coefficient (Wildman–Crippen LogP) is 5.88.